The topological polar surface area (TPSA) is 58.6 Å². The normalized spacial score (nSPS) is 32.6. The SMILES string of the molecule is O=C1CCC2CN(C(=O)C3CCOCC3)CCC2N1. The summed E-state index contributed by atoms with van der Waals surface area (Å²) in [6, 6.07) is 0.292. The van der Waals surface area contributed by atoms with Gasteiger partial charge in [-0.15, -0.1) is 0 Å². The van der Waals surface area contributed by atoms with Crippen molar-refractivity contribution in [2.24, 2.45) is 11.8 Å². The zero-order valence-electron chi connectivity index (χ0n) is 11.3. The van der Waals surface area contributed by atoms with E-state index in [1.807, 2.05) is 4.90 Å². The van der Waals surface area contributed by atoms with Crippen molar-refractivity contribution in [3.8, 4) is 0 Å². The van der Waals surface area contributed by atoms with Crippen LogP contribution in [0.4, 0.5) is 0 Å². The highest BCUT2D eigenvalue weighted by molar-refractivity contribution is 5.80. The summed E-state index contributed by atoms with van der Waals surface area (Å²) in [6.07, 6.45) is 4.17. The first-order valence-corrected chi connectivity index (χ1v) is 7.40. The lowest BCUT2D eigenvalue weighted by Crippen LogP contribution is -2.56. The van der Waals surface area contributed by atoms with E-state index in [4.69, 9.17) is 4.74 Å². The van der Waals surface area contributed by atoms with E-state index < -0.39 is 0 Å². The highest BCUT2D eigenvalue weighted by Crippen LogP contribution is 2.27. The van der Waals surface area contributed by atoms with Gasteiger partial charge in [0.2, 0.25) is 11.8 Å². The van der Waals surface area contributed by atoms with Crippen LogP contribution in [0.15, 0.2) is 0 Å². The monoisotopic (exact) mass is 266 g/mol. The zero-order chi connectivity index (χ0) is 13.2. The summed E-state index contributed by atoms with van der Waals surface area (Å²) in [4.78, 5) is 25.9. The van der Waals surface area contributed by atoms with Gasteiger partial charge in [-0.3, -0.25) is 9.59 Å². The molecule has 2 amide bonds. The Hall–Kier alpha value is -1.10. The summed E-state index contributed by atoms with van der Waals surface area (Å²) >= 11 is 0. The summed E-state index contributed by atoms with van der Waals surface area (Å²) in [7, 11) is 0. The van der Waals surface area contributed by atoms with Gasteiger partial charge in [0.05, 0.1) is 0 Å². The third-order valence-electron chi connectivity index (χ3n) is 4.70. The number of hydrogen-bond donors (Lipinski definition) is 1. The molecule has 3 heterocycles. The maximum atomic E-state index is 12.5. The molecule has 19 heavy (non-hydrogen) atoms. The predicted octanol–water partition coefficient (Wildman–Crippen LogP) is 0.540. The minimum Gasteiger partial charge on any atom is -0.381 e. The molecule has 0 aromatic heterocycles. The highest BCUT2D eigenvalue weighted by atomic mass is 16.5. The smallest absolute Gasteiger partial charge is 0.225 e. The third kappa shape index (κ3) is 2.76. The van der Waals surface area contributed by atoms with Crippen LogP contribution in [0.1, 0.15) is 32.1 Å². The van der Waals surface area contributed by atoms with Gasteiger partial charge >= 0.3 is 0 Å². The van der Waals surface area contributed by atoms with E-state index in [1.54, 1.807) is 0 Å². The molecule has 0 bridgehead atoms. The van der Waals surface area contributed by atoms with Crippen molar-refractivity contribution in [2.75, 3.05) is 26.3 Å². The second kappa shape index (κ2) is 5.49. The number of carbonyl (C=O) groups excluding carboxylic acids is 2. The largest absolute Gasteiger partial charge is 0.381 e. The molecule has 3 fully saturated rings. The number of piperidine rings is 2. The first-order valence-electron chi connectivity index (χ1n) is 7.40. The van der Waals surface area contributed by atoms with Crippen molar-refractivity contribution < 1.29 is 14.3 Å². The van der Waals surface area contributed by atoms with Crippen LogP contribution in [0.2, 0.25) is 0 Å². The fourth-order valence-corrected chi connectivity index (χ4v) is 3.51. The molecule has 3 saturated heterocycles. The van der Waals surface area contributed by atoms with Crippen LogP contribution in [0, 0.1) is 11.8 Å². The number of nitrogens with one attached hydrogen (secondary N) is 1. The standard InChI is InChI=1S/C14H22N2O3/c17-13-2-1-11-9-16(6-3-12(11)15-13)14(18)10-4-7-19-8-5-10/h10-12H,1-9H2,(H,15,17). The molecule has 3 aliphatic heterocycles. The fourth-order valence-electron chi connectivity index (χ4n) is 3.51. The second-order valence-electron chi connectivity index (χ2n) is 5.93. The van der Waals surface area contributed by atoms with Gasteiger partial charge in [-0.25, -0.2) is 0 Å². The molecule has 0 spiro atoms. The molecule has 3 rings (SSSR count). The van der Waals surface area contributed by atoms with E-state index in [0.717, 1.165) is 38.8 Å². The van der Waals surface area contributed by atoms with Crippen molar-refractivity contribution in [1.29, 1.82) is 0 Å². The quantitative estimate of drug-likeness (QED) is 0.753. The van der Waals surface area contributed by atoms with Crippen molar-refractivity contribution in [1.82, 2.24) is 10.2 Å². The van der Waals surface area contributed by atoms with Crippen molar-refractivity contribution in [3.63, 3.8) is 0 Å². The molecule has 0 aromatic carbocycles. The first kappa shape index (κ1) is 12.9. The maximum Gasteiger partial charge on any atom is 0.225 e. The Morgan fingerprint density at radius 2 is 2.00 bits per heavy atom. The third-order valence-corrected chi connectivity index (χ3v) is 4.70. The van der Waals surface area contributed by atoms with Gasteiger partial charge in [0, 0.05) is 44.7 Å². The molecule has 3 aliphatic rings. The van der Waals surface area contributed by atoms with Crippen LogP contribution in [-0.4, -0.2) is 49.1 Å². The number of nitrogens with zero attached hydrogens (tertiary/aromatic N) is 1. The van der Waals surface area contributed by atoms with E-state index in [-0.39, 0.29) is 11.8 Å². The van der Waals surface area contributed by atoms with Crippen LogP contribution in [0.3, 0.4) is 0 Å². The van der Waals surface area contributed by atoms with Crippen LogP contribution >= 0.6 is 0 Å². The van der Waals surface area contributed by atoms with Gasteiger partial charge in [0.15, 0.2) is 0 Å². The minimum atomic E-state index is 0.156. The number of fused-ring (bicyclic) bond motifs is 1. The molecule has 106 valence electrons. The van der Waals surface area contributed by atoms with Crippen LogP contribution in [0.25, 0.3) is 0 Å². The lowest BCUT2D eigenvalue weighted by atomic mass is 9.84. The van der Waals surface area contributed by atoms with Gasteiger partial charge in [0.1, 0.15) is 0 Å². The van der Waals surface area contributed by atoms with Crippen molar-refractivity contribution in [2.45, 2.75) is 38.1 Å². The lowest BCUT2D eigenvalue weighted by Gasteiger charge is -2.42. The molecular formula is C14H22N2O3. The summed E-state index contributed by atoms with van der Waals surface area (Å²) in [5.41, 5.74) is 0. The van der Waals surface area contributed by atoms with Gasteiger partial charge in [-0.1, -0.05) is 0 Å². The first-order chi connectivity index (χ1) is 9.24. The zero-order valence-corrected chi connectivity index (χ0v) is 11.3. The Morgan fingerprint density at radius 1 is 1.21 bits per heavy atom. The summed E-state index contributed by atoms with van der Waals surface area (Å²) in [6.45, 7) is 3.04. The molecular weight excluding hydrogens is 244 g/mol. The van der Waals surface area contributed by atoms with Gasteiger partial charge < -0.3 is 15.0 Å². The van der Waals surface area contributed by atoms with Crippen LogP contribution in [-0.2, 0) is 14.3 Å². The van der Waals surface area contributed by atoms with E-state index in [1.165, 1.54) is 0 Å². The Morgan fingerprint density at radius 3 is 2.79 bits per heavy atom. The molecule has 2 atom stereocenters. The number of carbonyl (C=O) groups is 2. The van der Waals surface area contributed by atoms with E-state index in [9.17, 15) is 9.59 Å². The number of rotatable bonds is 1. The van der Waals surface area contributed by atoms with Crippen molar-refractivity contribution >= 4 is 11.8 Å². The predicted molar refractivity (Wildman–Crippen MR) is 69.4 cm³/mol. The summed E-state index contributed by atoms with van der Waals surface area (Å²) in [5.74, 6) is 1.09. The number of ether oxygens (including phenoxy) is 1. The number of amides is 2. The molecule has 0 aromatic rings. The Bertz CT molecular complexity index is 366. The van der Waals surface area contributed by atoms with E-state index in [0.29, 0.717) is 37.5 Å². The van der Waals surface area contributed by atoms with Crippen molar-refractivity contribution in [3.05, 3.63) is 0 Å². The summed E-state index contributed by atoms with van der Waals surface area (Å²) < 4.78 is 5.32. The van der Waals surface area contributed by atoms with Crippen LogP contribution < -0.4 is 5.32 Å². The fraction of sp³-hybridized carbons (Fsp3) is 0.857. The van der Waals surface area contributed by atoms with Gasteiger partial charge in [-0.05, 0) is 31.6 Å². The molecule has 0 aliphatic carbocycles. The lowest BCUT2D eigenvalue weighted by molar-refractivity contribution is -0.141. The molecule has 5 heteroatoms. The Kier molecular flexibility index (Phi) is 3.73. The average Bonchev–Trinajstić information content (AvgIpc) is 2.47. The molecule has 1 N–H and O–H groups in total. The maximum absolute atomic E-state index is 12.5. The Balaban J connectivity index is 1.58. The molecule has 0 saturated carbocycles. The molecule has 2 unspecified atom stereocenters. The number of hydrogen-bond acceptors (Lipinski definition) is 3. The van der Waals surface area contributed by atoms with Gasteiger partial charge in [0.25, 0.3) is 0 Å². The van der Waals surface area contributed by atoms with Gasteiger partial charge in [-0.2, -0.15) is 0 Å². The highest BCUT2D eigenvalue weighted by Gasteiger charge is 2.37. The minimum absolute atomic E-state index is 0.156. The Labute approximate surface area is 113 Å². The van der Waals surface area contributed by atoms with Crippen LogP contribution in [0.5, 0.6) is 0 Å². The summed E-state index contributed by atoms with van der Waals surface area (Å²) in [5, 5.41) is 3.06. The van der Waals surface area contributed by atoms with E-state index >= 15 is 0 Å². The molecule has 5 nitrogen and oxygen atoms in total. The van der Waals surface area contributed by atoms with E-state index in [2.05, 4.69) is 5.32 Å². The molecule has 0 radical (unpaired) electrons. The average molecular weight is 266 g/mol. The second-order valence-corrected chi connectivity index (χ2v) is 5.93. The number of likely N-dealkylation sites (tertiary alicyclic amines) is 1.